The number of hydrogen-bond donors (Lipinski definition) is 1. The van der Waals surface area contributed by atoms with Crippen LogP contribution in [0.2, 0.25) is 5.02 Å². The lowest BCUT2D eigenvalue weighted by Gasteiger charge is -2.32. The summed E-state index contributed by atoms with van der Waals surface area (Å²) < 4.78 is 6.63. The Kier molecular flexibility index (Phi) is 7.00. The van der Waals surface area contributed by atoms with Crippen LogP contribution >= 0.6 is 11.6 Å². The van der Waals surface area contributed by atoms with Gasteiger partial charge in [0.05, 0.1) is 25.3 Å². The molecule has 0 saturated carbocycles. The molecular weight excluding hydrogens is 382 g/mol. The summed E-state index contributed by atoms with van der Waals surface area (Å²) in [6.45, 7) is 2.15. The second-order valence-electron chi connectivity index (χ2n) is 6.71. The quantitative estimate of drug-likeness (QED) is 0.708. The van der Waals surface area contributed by atoms with Crippen molar-refractivity contribution in [3.63, 3.8) is 0 Å². The van der Waals surface area contributed by atoms with Crippen molar-refractivity contribution < 1.29 is 14.3 Å². The van der Waals surface area contributed by atoms with Crippen molar-refractivity contribution in [3.05, 3.63) is 46.7 Å². The Labute approximate surface area is 168 Å². The van der Waals surface area contributed by atoms with Crippen molar-refractivity contribution >= 4 is 23.4 Å². The SMILES string of the molecule is COCCNC(=O)c1cn(C2CCN(C(=O)Cc3ccccc3Cl)CC2)nn1. The maximum atomic E-state index is 12.6. The number of likely N-dealkylation sites (tertiary alicyclic amines) is 1. The summed E-state index contributed by atoms with van der Waals surface area (Å²) >= 11 is 6.15. The Bertz CT molecular complexity index is 817. The van der Waals surface area contributed by atoms with Gasteiger partial charge in [-0.15, -0.1) is 5.10 Å². The van der Waals surface area contributed by atoms with Crippen molar-refractivity contribution in [2.75, 3.05) is 33.4 Å². The molecule has 1 aliphatic heterocycles. The molecule has 1 aliphatic rings. The number of carbonyl (C=O) groups is 2. The standard InChI is InChI=1S/C19H24ClN5O3/c1-28-11-8-21-19(27)17-13-25(23-22-17)15-6-9-24(10-7-15)18(26)12-14-4-2-3-5-16(14)20/h2-5,13,15H,6-12H2,1H3,(H,21,27). The van der Waals surface area contributed by atoms with Gasteiger partial charge in [-0.2, -0.15) is 0 Å². The van der Waals surface area contributed by atoms with Crippen molar-refractivity contribution in [1.29, 1.82) is 0 Å². The lowest BCUT2D eigenvalue weighted by molar-refractivity contribution is -0.131. The van der Waals surface area contributed by atoms with E-state index < -0.39 is 0 Å². The van der Waals surface area contributed by atoms with Gasteiger partial charge in [-0.05, 0) is 24.5 Å². The molecule has 0 unspecified atom stereocenters. The maximum Gasteiger partial charge on any atom is 0.273 e. The normalized spacial score (nSPS) is 14.9. The summed E-state index contributed by atoms with van der Waals surface area (Å²) in [6.07, 6.45) is 3.50. The molecule has 9 heteroatoms. The number of nitrogens with zero attached hydrogens (tertiary/aromatic N) is 4. The van der Waals surface area contributed by atoms with Crippen LogP contribution in [0.1, 0.15) is 34.9 Å². The van der Waals surface area contributed by atoms with Crippen molar-refractivity contribution in [1.82, 2.24) is 25.2 Å². The topological polar surface area (TPSA) is 89.4 Å². The maximum absolute atomic E-state index is 12.6. The average Bonchev–Trinajstić information content (AvgIpc) is 3.20. The van der Waals surface area contributed by atoms with E-state index in [9.17, 15) is 9.59 Å². The lowest BCUT2D eigenvalue weighted by atomic mass is 10.0. The Morgan fingerprint density at radius 1 is 1.29 bits per heavy atom. The molecule has 150 valence electrons. The van der Waals surface area contributed by atoms with Gasteiger partial charge in [-0.25, -0.2) is 4.68 Å². The number of ether oxygens (including phenoxy) is 1. The third kappa shape index (κ3) is 5.08. The molecule has 0 aliphatic carbocycles. The van der Waals surface area contributed by atoms with Gasteiger partial charge in [0, 0.05) is 31.8 Å². The van der Waals surface area contributed by atoms with Gasteiger partial charge in [-0.1, -0.05) is 35.0 Å². The van der Waals surface area contributed by atoms with E-state index >= 15 is 0 Å². The van der Waals surface area contributed by atoms with Crippen LogP contribution in [-0.4, -0.2) is 65.1 Å². The molecule has 3 rings (SSSR count). The number of nitrogens with one attached hydrogen (secondary N) is 1. The fraction of sp³-hybridized carbons (Fsp3) is 0.474. The van der Waals surface area contributed by atoms with Crippen LogP contribution in [0, 0.1) is 0 Å². The first kappa shape index (κ1) is 20.3. The molecule has 0 radical (unpaired) electrons. The van der Waals surface area contributed by atoms with Gasteiger partial charge in [0.2, 0.25) is 5.91 Å². The average molecular weight is 406 g/mol. The molecule has 1 saturated heterocycles. The highest BCUT2D eigenvalue weighted by molar-refractivity contribution is 6.31. The first-order valence-corrected chi connectivity index (χ1v) is 9.66. The highest BCUT2D eigenvalue weighted by Crippen LogP contribution is 2.23. The predicted molar refractivity (Wildman–Crippen MR) is 104 cm³/mol. The first-order valence-electron chi connectivity index (χ1n) is 9.28. The second kappa shape index (κ2) is 9.66. The number of rotatable bonds is 7. The highest BCUT2D eigenvalue weighted by Gasteiger charge is 2.25. The van der Waals surface area contributed by atoms with E-state index in [1.54, 1.807) is 24.1 Å². The third-order valence-electron chi connectivity index (χ3n) is 4.83. The summed E-state index contributed by atoms with van der Waals surface area (Å²) in [4.78, 5) is 26.4. The van der Waals surface area contributed by atoms with Crippen molar-refractivity contribution in [3.8, 4) is 0 Å². The molecule has 0 spiro atoms. The van der Waals surface area contributed by atoms with Crippen LogP contribution in [0.3, 0.4) is 0 Å². The minimum atomic E-state index is -0.268. The smallest absolute Gasteiger partial charge is 0.273 e. The van der Waals surface area contributed by atoms with Gasteiger partial charge in [-0.3, -0.25) is 9.59 Å². The molecule has 2 heterocycles. The summed E-state index contributed by atoms with van der Waals surface area (Å²) in [5.41, 5.74) is 1.13. The summed E-state index contributed by atoms with van der Waals surface area (Å²) in [5.74, 6) is -0.195. The van der Waals surface area contributed by atoms with Crippen molar-refractivity contribution in [2.45, 2.75) is 25.3 Å². The summed E-state index contributed by atoms with van der Waals surface area (Å²) in [7, 11) is 1.58. The van der Waals surface area contributed by atoms with E-state index in [2.05, 4.69) is 15.6 Å². The number of benzene rings is 1. The molecule has 2 aromatic rings. The number of halogens is 1. The number of hydrogen-bond acceptors (Lipinski definition) is 5. The Morgan fingerprint density at radius 3 is 2.75 bits per heavy atom. The molecule has 1 aromatic carbocycles. The monoisotopic (exact) mass is 405 g/mol. The Morgan fingerprint density at radius 2 is 2.04 bits per heavy atom. The summed E-state index contributed by atoms with van der Waals surface area (Å²) in [5, 5.41) is 11.4. The Hall–Kier alpha value is -2.45. The predicted octanol–water partition coefficient (Wildman–Crippen LogP) is 1.71. The number of piperidine rings is 1. The molecule has 0 atom stereocenters. The van der Waals surface area contributed by atoms with Crippen LogP contribution < -0.4 is 5.32 Å². The molecule has 2 amide bonds. The highest BCUT2D eigenvalue weighted by atomic mass is 35.5. The van der Waals surface area contributed by atoms with Gasteiger partial charge in [0.25, 0.3) is 5.91 Å². The largest absolute Gasteiger partial charge is 0.383 e. The molecule has 0 bridgehead atoms. The molecule has 1 N–H and O–H groups in total. The van der Waals surface area contributed by atoms with Gasteiger partial charge < -0.3 is 15.0 Å². The zero-order valence-electron chi connectivity index (χ0n) is 15.8. The second-order valence-corrected chi connectivity index (χ2v) is 7.12. The molecular formula is C19H24ClN5O3. The van der Waals surface area contributed by atoms with Crippen LogP contribution in [0.5, 0.6) is 0 Å². The number of aromatic nitrogens is 3. The van der Waals surface area contributed by atoms with E-state index in [0.29, 0.717) is 37.7 Å². The number of methoxy groups -OCH3 is 1. The minimum absolute atomic E-state index is 0.0725. The van der Waals surface area contributed by atoms with Gasteiger partial charge >= 0.3 is 0 Å². The zero-order valence-corrected chi connectivity index (χ0v) is 16.6. The van der Waals surface area contributed by atoms with Crippen LogP contribution in [-0.2, 0) is 16.0 Å². The van der Waals surface area contributed by atoms with E-state index in [1.807, 2.05) is 23.1 Å². The van der Waals surface area contributed by atoms with Gasteiger partial charge in [0.1, 0.15) is 0 Å². The third-order valence-corrected chi connectivity index (χ3v) is 5.19. The van der Waals surface area contributed by atoms with E-state index in [1.165, 1.54) is 0 Å². The van der Waals surface area contributed by atoms with Gasteiger partial charge in [0.15, 0.2) is 5.69 Å². The van der Waals surface area contributed by atoms with Crippen LogP contribution in [0.4, 0.5) is 0 Å². The van der Waals surface area contributed by atoms with Crippen LogP contribution in [0.25, 0.3) is 0 Å². The molecule has 1 fully saturated rings. The van der Waals surface area contributed by atoms with Crippen LogP contribution in [0.15, 0.2) is 30.5 Å². The van der Waals surface area contributed by atoms with E-state index in [-0.39, 0.29) is 23.6 Å². The number of carbonyl (C=O) groups excluding carboxylic acids is 2. The fourth-order valence-corrected chi connectivity index (χ4v) is 3.42. The van der Waals surface area contributed by atoms with Crippen molar-refractivity contribution in [2.24, 2.45) is 0 Å². The van der Waals surface area contributed by atoms with E-state index in [0.717, 1.165) is 18.4 Å². The Balaban J connectivity index is 1.51. The molecule has 8 nitrogen and oxygen atoms in total. The molecule has 1 aromatic heterocycles. The van der Waals surface area contributed by atoms with E-state index in [4.69, 9.17) is 16.3 Å². The first-order chi connectivity index (χ1) is 13.6. The number of amides is 2. The fourth-order valence-electron chi connectivity index (χ4n) is 3.21. The summed E-state index contributed by atoms with van der Waals surface area (Å²) in [6, 6.07) is 7.53. The lowest BCUT2D eigenvalue weighted by Crippen LogP contribution is -2.40. The minimum Gasteiger partial charge on any atom is -0.383 e. The molecule has 28 heavy (non-hydrogen) atoms. The zero-order chi connectivity index (χ0) is 19.9.